The highest BCUT2D eigenvalue weighted by Crippen LogP contribution is 2.29. The zero-order chi connectivity index (χ0) is 20.9. The highest BCUT2D eigenvalue weighted by molar-refractivity contribution is 5.94. The van der Waals surface area contributed by atoms with Crippen LogP contribution >= 0.6 is 0 Å². The van der Waals surface area contributed by atoms with E-state index in [1.807, 2.05) is 29.2 Å². The molecule has 2 aromatic carbocycles. The second-order valence-electron chi connectivity index (χ2n) is 8.19. The molecule has 30 heavy (non-hydrogen) atoms. The van der Waals surface area contributed by atoms with Gasteiger partial charge in [-0.3, -0.25) is 4.79 Å². The third-order valence-corrected chi connectivity index (χ3v) is 5.87. The van der Waals surface area contributed by atoms with Gasteiger partial charge in [0.2, 0.25) is 11.7 Å². The number of unbranched alkanes of at least 4 members (excludes halogenated alkanes) is 1. The van der Waals surface area contributed by atoms with E-state index in [1.54, 1.807) is 0 Å². The van der Waals surface area contributed by atoms with Crippen molar-refractivity contribution in [3.63, 3.8) is 0 Å². The molecule has 1 amide bonds. The zero-order valence-electron chi connectivity index (χ0n) is 17.8. The Labute approximate surface area is 178 Å². The topological polar surface area (TPSA) is 59.2 Å². The third-order valence-electron chi connectivity index (χ3n) is 5.87. The lowest BCUT2D eigenvalue weighted by Crippen LogP contribution is -2.38. The van der Waals surface area contributed by atoms with Crippen molar-refractivity contribution in [3.8, 4) is 11.4 Å². The molecule has 0 aliphatic carbocycles. The predicted octanol–water partition coefficient (Wildman–Crippen LogP) is 5.41. The third kappa shape index (κ3) is 4.61. The molecule has 0 unspecified atom stereocenters. The number of carbonyl (C=O) groups is 1. The number of hydrogen-bond acceptors (Lipinski definition) is 4. The first-order valence-corrected chi connectivity index (χ1v) is 10.9. The van der Waals surface area contributed by atoms with E-state index >= 15 is 0 Å². The van der Waals surface area contributed by atoms with E-state index in [2.05, 4.69) is 48.3 Å². The SMILES string of the molecule is CCCCc1ccc(C(=O)N2CCC(c3nc(-c4cccc(C)c4)no3)CC2)cc1. The molecule has 5 heteroatoms. The van der Waals surface area contributed by atoms with E-state index in [0.29, 0.717) is 24.8 Å². The van der Waals surface area contributed by atoms with E-state index in [9.17, 15) is 4.79 Å². The summed E-state index contributed by atoms with van der Waals surface area (Å²) in [6, 6.07) is 16.2. The molecule has 3 aromatic rings. The van der Waals surface area contributed by atoms with Gasteiger partial charge in [0, 0.05) is 30.1 Å². The van der Waals surface area contributed by atoms with Crippen molar-refractivity contribution < 1.29 is 9.32 Å². The molecule has 1 aromatic heterocycles. The van der Waals surface area contributed by atoms with Crippen molar-refractivity contribution in [2.24, 2.45) is 0 Å². The molecule has 0 radical (unpaired) electrons. The summed E-state index contributed by atoms with van der Waals surface area (Å²) >= 11 is 0. The minimum atomic E-state index is 0.112. The molecule has 156 valence electrons. The average molecular weight is 404 g/mol. The van der Waals surface area contributed by atoms with Crippen LogP contribution in [0.1, 0.15) is 65.9 Å². The summed E-state index contributed by atoms with van der Waals surface area (Å²) in [5, 5.41) is 4.17. The summed E-state index contributed by atoms with van der Waals surface area (Å²) in [5.41, 5.74) is 4.21. The summed E-state index contributed by atoms with van der Waals surface area (Å²) < 4.78 is 5.56. The highest BCUT2D eigenvalue weighted by atomic mass is 16.5. The van der Waals surface area contributed by atoms with Crippen LogP contribution in [-0.4, -0.2) is 34.0 Å². The molecule has 1 saturated heterocycles. The second-order valence-corrected chi connectivity index (χ2v) is 8.19. The molecule has 0 saturated carbocycles. The first kappa shape index (κ1) is 20.3. The molecule has 1 fully saturated rings. The summed E-state index contributed by atoms with van der Waals surface area (Å²) in [6.45, 7) is 5.67. The molecule has 0 spiro atoms. The monoisotopic (exact) mass is 403 g/mol. The Balaban J connectivity index is 1.35. The Bertz CT molecular complexity index is 986. The van der Waals surface area contributed by atoms with Crippen LogP contribution in [0.4, 0.5) is 0 Å². The maximum absolute atomic E-state index is 12.9. The van der Waals surface area contributed by atoms with Gasteiger partial charge in [0.15, 0.2) is 0 Å². The molecule has 2 heterocycles. The molecule has 0 atom stereocenters. The smallest absolute Gasteiger partial charge is 0.253 e. The fourth-order valence-corrected chi connectivity index (χ4v) is 4.01. The average Bonchev–Trinajstić information content (AvgIpc) is 3.28. The number of aromatic nitrogens is 2. The zero-order valence-corrected chi connectivity index (χ0v) is 17.8. The second kappa shape index (κ2) is 9.24. The van der Waals surface area contributed by atoms with Crippen LogP contribution in [-0.2, 0) is 6.42 Å². The van der Waals surface area contributed by atoms with Gasteiger partial charge in [-0.1, -0.05) is 54.4 Å². The lowest BCUT2D eigenvalue weighted by molar-refractivity contribution is 0.0704. The van der Waals surface area contributed by atoms with Gasteiger partial charge in [0.1, 0.15) is 0 Å². The van der Waals surface area contributed by atoms with Crippen molar-refractivity contribution in [2.45, 2.75) is 51.9 Å². The van der Waals surface area contributed by atoms with Gasteiger partial charge in [-0.15, -0.1) is 0 Å². The number of aryl methyl sites for hydroxylation is 2. The van der Waals surface area contributed by atoms with Crippen molar-refractivity contribution in [1.82, 2.24) is 15.0 Å². The maximum atomic E-state index is 12.9. The fourth-order valence-electron chi connectivity index (χ4n) is 4.01. The maximum Gasteiger partial charge on any atom is 0.253 e. The Hall–Kier alpha value is -2.95. The van der Waals surface area contributed by atoms with E-state index < -0.39 is 0 Å². The van der Waals surface area contributed by atoms with E-state index in [4.69, 9.17) is 4.52 Å². The van der Waals surface area contributed by atoms with Crippen molar-refractivity contribution in [2.75, 3.05) is 13.1 Å². The van der Waals surface area contributed by atoms with Gasteiger partial charge in [-0.2, -0.15) is 4.98 Å². The molecule has 4 rings (SSSR count). The fraction of sp³-hybridized carbons (Fsp3) is 0.400. The van der Waals surface area contributed by atoms with Crippen molar-refractivity contribution >= 4 is 5.91 Å². The number of nitrogens with zero attached hydrogens (tertiary/aromatic N) is 3. The number of amides is 1. The molecular formula is C25H29N3O2. The molecule has 1 aliphatic rings. The van der Waals surface area contributed by atoms with Gasteiger partial charge in [-0.25, -0.2) is 0 Å². The number of carbonyl (C=O) groups excluding carboxylic acids is 1. The van der Waals surface area contributed by atoms with E-state index in [-0.39, 0.29) is 11.8 Å². The Morgan fingerprint density at radius 1 is 1.13 bits per heavy atom. The van der Waals surface area contributed by atoms with Crippen molar-refractivity contribution in [3.05, 3.63) is 71.1 Å². The number of benzene rings is 2. The number of piperidine rings is 1. The minimum Gasteiger partial charge on any atom is -0.339 e. The molecule has 0 bridgehead atoms. The summed E-state index contributed by atoms with van der Waals surface area (Å²) in [5.74, 6) is 1.63. The normalized spacial score (nSPS) is 14.8. The Kier molecular flexibility index (Phi) is 6.26. The molecule has 5 nitrogen and oxygen atoms in total. The van der Waals surface area contributed by atoms with Crippen LogP contribution in [0.3, 0.4) is 0 Å². The summed E-state index contributed by atoms with van der Waals surface area (Å²) in [4.78, 5) is 19.4. The highest BCUT2D eigenvalue weighted by Gasteiger charge is 2.28. The van der Waals surface area contributed by atoms with Crippen LogP contribution in [0, 0.1) is 6.92 Å². The number of rotatable bonds is 6. The lowest BCUT2D eigenvalue weighted by Gasteiger charge is -2.30. The Morgan fingerprint density at radius 2 is 1.90 bits per heavy atom. The van der Waals surface area contributed by atoms with E-state index in [0.717, 1.165) is 30.4 Å². The van der Waals surface area contributed by atoms with Crippen LogP contribution in [0.2, 0.25) is 0 Å². The largest absolute Gasteiger partial charge is 0.339 e. The molecule has 0 N–H and O–H groups in total. The van der Waals surface area contributed by atoms with Gasteiger partial charge in [0.05, 0.1) is 0 Å². The standard InChI is InChI=1S/C25H29N3O2/c1-3-4-7-19-9-11-21(12-10-19)25(29)28-15-13-20(14-16-28)24-26-23(27-30-24)22-8-5-6-18(2)17-22/h5-6,8-12,17,20H,3-4,7,13-16H2,1-2H3. The van der Waals surface area contributed by atoms with Crippen LogP contribution in [0.25, 0.3) is 11.4 Å². The lowest BCUT2D eigenvalue weighted by atomic mass is 9.96. The molecular weight excluding hydrogens is 374 g/mol. The quantitative estimate of drug-likeness (QED) is 0.552. The number of hydrogen-bond donors (Lipinski definition) is 0. The van der Waals surface area contributed by atoms with Gasteiger partial charge >= 0.3 is 0 Å². The van der Waals surface area contributed by atoms with Crippen molar-refractivity contribution in [1.29, 1.82) is 0 Å². The van der Waals surface area contributed by atoms with Gasteiger partial charge < -0.3 is 9.42 Å². The summed E-state index contributed by atoms with van der Waals surface area (Å²) in [7, 11) is 0. The summed E-state index contributed by atoms with van der Waals surface area (Å²) in [6.07, 6.45) is 5.13. The first-order valence-electron chi connectivity index (χ1n) is 10.9. The van der Waals surface area contributed by atoms with Crippen LogP contribution in [0.15, 0.2) is 53.1 Å². The van der Waals surface area contributed by atoms with E-state index in [1.165, 1.54) is 24.0 Å². The van der Waals surface area contributed by atoms with Crippen LogP contribution < -0.4 is 0 Å². The molecule has 1 aliphatic heterocycles. The van der Waals surface area contributed by atoms with Gasteiger partial charge in [0.25, 0.3) is 5.91 Å². The van der Waals surface area contributed by atoms with Gasteiger partial charge in [-0.05, 0) is 56.4 Å². The first-order chi connectivity index (χ1) is 14.6. The number of likely N-dealkylation sites (tertiary alicyclic amines) is 1. The Morgan fingerprint density at radius 3 is 2.60 bits per heavy atom. The predicted molar refractivity (Wildman–Crippen MR) is 117 cm³/mol. The minimum absolute atomic E-state index is 0.112. The van der Waals surface area contributed by atoms with Crippen LogP contribution in [0.5, 0.6) is 0 Å².